The average molecular weight is 682 g/mol. The second-order valence-corrected chi connectivity index (χ2v) is 13.6. The summed E-state index contributed by atoms with van der Waals surface area (Å²) in [5.74, 6) is 0.961. The van der Waals surface area contributed by atoms with Crippen molar-refractivity contribution in [3.63, 3.8) is 0 Å². The van der Waals surface area contributed by atoms with Crippen molar-refractivity contribution >= 4 is 51.6 Å². The number of carboxylic acid groups (broad SMARTS) is 1. The van der Waals surface area contributed by atoms with Gasteiger partial charge >= 0.3 is 5.97 Å². The quantitative estimate of drug-likeness (QED) is 0.231. The topological polar surface area (TPSA) is 113 Å². The third-order valence-electron chi connectivity index (χ3n) is 9.34. The average Bonchev–Trinajstić information content (AvgIpc) is 3.44. The third kappa shape index (κ3) is 6.44. The van der Waals surface area contributed by atoms with Gasteiger partial charge in [0, 0.05) is 43.3 Å². The van der Waals surface area contributed by atoms with Crippen LogP contribution in [0.3, 0.4) is 0 Å². The molecule has 5 heterocycles. The van der Waals surface area contributed by atoms with Gasteiger partial charge in [0.25, 0.3) is 0 Å². The number of carbonyl (C=O) groups is 1. The van der Waals surface area contributed by atoms with E-state index in [1.807, 2.05) is 18.2 Å². The van der Waals surface area contributed by atoms with Gasteiger partial charge in [-0.1, -0.05) is 37.0 Å². The van der Waals surface area contributed by atoms with Crippen LogP contribution in [0.2, 0.25) is 10.0 Å². The predicted molar refractivity (Wildman–Crippen MR) is 184 cm³/mol. The summed E-state index contributed by atoms with van der Waals surface area (Å²) in [6.07, 6.45) is 3.91. The molecule has 0 radical (unpaired) electrons. The van der Waals surface area contributed by atoms with E-state index in [-0.39, 0.29) is 22.9 Å². The predicted octanol–water partition coefficient (Wildman–Crippen LogP) is 5.47. The summed E-state index contributed by atoms with van der Waals surface area (Å²) < 4.78 is 13.1. The molecule has 1 N–H and O–H groups in total. The molecule has 4 aromatic rings. The number of aromatic nitrogens is 3. The molecular weight excluding hydrogens is 643 g/mol. The first-order valence-corrected chi connectivity index (χ1v) is 16.3. The van der Waals surface area contributed by atoms with Gasteiger partial charge in [0.2, 0.25) is 17.2 Å². The highest BCUT2D eigenvalue weighted by molar-refractivity contribution is 6.34. The molecule has 2 saturated heterocycles. The Morgan fingerprint density at radius 1 is 1.11 bits per heavy atom. The van der Waals surface area contributed by atoms with Crippen molar-refractivity contribution in [3.05, 3.63) is 74.6 Å². The molecule has 0 spiro atoms. The van der Waals surface area contributed by atoms with E-state index in [2.05, 4.69) is 52.6 Å². The number of likely N-dealkylation sites (N-methyl/N-ethyl adjacent to an activating group) is 1. The molecule has 6 rings (SSSR count). The second kappa shape index (κ2) is 13.2. The summed E-state index contributed by atoms with van der Waals surface area (Å²) in [5.41, 5.74) is 0.918. The number of rotatable bonds is 10. The van der Waals surface area contributed by atoms with Crippen molar-refractivity contribution in [2.75, 3.05) is 57.2 Å². The Kier molecular flexibility index (Phi) is 9.24. The van der Waals surface area contributed by atoms with Gasteiger partial charge in [-0.3, -0.25) is 4.79 Å². The Hall–Kier alpha value is -4.06. The fraction of sp³-hybridized carbons (Fsp3) is 0.412. The molecule has 2 aliphatic heterocycles. The van der Waals surface area contributed by atoms with Crippen molar-refractivity contribution in [2.45, 2.75) is 32.4 Å². The summed E-state index contributed by atoms with van der Waals surface area (Å²) in [6.45, 7) is 7.15. The van der Waals surface area contributed by atoms with E-state index in [1.165, 1.54) is 13.3 Å². The first kappa shape index (κ1) is 32.9. The monoisotopic (exact) mass is 680 g/mol. The van der Waals surface area contributed by atoms with Crippen LogP contribution >= 0.6 is 23.2 Å². The minimum Gasteiger partial charge on any atom is -0.481 e. The smallest absolute Gasteiger partial charge is 0.341 e. The minimum absolute atomic E-state index is 0.0802. The SMILES string of the molecule is COc1ccc(Cl)c(OC[C@H]2CC(C(C)C)CN2c2cc3c(cc2Cl)c(=O)c(C(=O)O)cn3-c2ccc(N3CC(N(C)C)C3)nc2)n1. The van der Waals surface area contributed by atoms with Gasteiger partial charge < -0.3 is 33.8 Å². The number of halogens is 2. The van der Waals surface area contributed by atoms with Crippen LogP contribution in [-0.4, -0.2) is 90.0 Å². The summed E-state index contributed by atoms with van der Waals surface area (Å²) >= 11 is 13.3. The molecule has 1 unspecified atom stereocenters. The molecule has 3 aromatic heterocycles. The number of ether oxygens (including phenoxy) is 2. The summed E-state index contributed by atoms with van der Waals surface area (Å²) in [5, 5.41) is 10.9. The van der Waals surface area contributed by atoms with E-state index in [1.54, 1.807) is 29.0 Å². The Morgan fingerprint density at radius 2 is 1.87 bits per heavy atom. The largest absolute Gasteiger partial charge is 0.481 e. The molecule has 13 heteroatoms. The van der Waals surface area contributed by atoms with Crippen LogP contribution < -0.4 is 24.7 Å². The number of pyridine rings is 3. The Balaban J connectivity index is 1.39. The zero-order chi connectivity index (χ0) is 33.6. The summed E-state index contributed by atoms with van der Waals surface area (Å²) in [4.78, 5) is 41.2. The molecule has 2 fully saturated rings. The van der Waals surface area contributed by atoms with Crippen LogP contribution in [0, 0.1) is 11.8 Å². The number of nitrogens with zero attached hydrogens (tertiary/aromatic N) is 6. The number of benzene rings is 1. The fourth-order valence-electron chi connectivity index (χ4n) is 6.28. The number of aromatic carboxylic acids is 1. The van der Waals surface area contributed by atoms with E-state index in [9.17, 15) is 14.7 Å². The van der Waals surface area contributed by atoms with E-state index in [0.29, 0.717) is 58.2 Å². The molecule has 248 valence electrons. The van der Waals surface area contributed by atoms with Crippen LogP contribution in [-0.2, 0) is 0 Å². The summed E-state index contributed by atoms with van der Waals surface area (Å²) in [6, 6.07) is 11.0. The number of carboxylic acids is 1. The molecule has 0 bridgehead atoms. The second-order valence-electron chi connectivity index (χ2n) is 12.8. The van der Waals surface area contributed by atoms with Crippen molar-refractivity contribution in [3.8, 4) is 17.4 Å². The molecular formula is C34H38Cl2N6O5. The maximum atomic E-state index is 13.4. The lowest BCUT2D eigenvalue weighted by atomic mass is 9.93. The van der Waals surface area contributed by atoms with Gasteiger partial charge in [0.1, 0.15) is 23.0 Å². The highest BCUT2D eigenvalue weighted by atomic mass is 35.5. The molecule has 0 saturated carbocycles. The maximum Gasteiger partial charge on any atom is 0.341 e. The van der Waals surface area contributed by atoms with Crippen LogP contribution in [0.15, 0.2) is 53.6 Å². The zero-order valence-electron chi connectivity index (χ0n) is 27.0. The van der Waals surface area contributed by atoms with Gasteiger partial charge in [0.15, 0.2) is 0 Å². The normalized spacial score (nSPS) is 18.3. The van der Waals surface area contributed by atoms with Crippen LogP contribution in [0.1, 0.15) is 30.6 Å². The Bertz CT molecular complexity index is 1860. The standard InChI is InChI=1S/C34H38Cl2N6O5/c1-19(2)20-10-22(18-47-33-26(35)7-9-31(38-33)46-5)41(14-20)29-12-28-24(11-27(29)36)32(43)25(34(44)45)17-42(28)21-6-8-30(37-13-21)40-15-23(16-40)39(3)4/h6-9,11-13,17,19-20,22-23H,10,14-16,18H2,1-5H3,(H,44,45)/t20?,22-/m1/s1. The molecule has 2 aliphatic rings. The number of methoxy groups -OCH3 is 1. The lowest BCUT2D eigenvalue weighted by Crippen LogP contribution is -2.57. The molecule has 1 aromatic carbocycles. The van der Waals surface area contributed by atoms with E-state index < -0.39 is 11.4 Å². The van der Waals surface area contributed by atoms with Crippen LogP contribution in [0.25, 0.3) is 16.6 Å². The first-order valence-electron chi connectivity index (χ1n) is 15.5. The van der Waals surface area contributed by atoms with Crippen molar-refractivity contribution in [1.29, 1.82) is 0 Å². The van der Waals surface area contributed by atoms with Crippen LogP contribution in [0.4, 0.5) is 11.5 Å². The van der Waals surface area contributed by atoms with E-state index in [0.717, 1.165) is 31.0 Å². The Morgan fingerprint density at radius 3 is 2.51 bits per heavy atom. The number of hydrogen-bond donors (Lipinski definition) is 1. The van der Waals surface area contributed by atoms with Gasteiger partial charge in [-0.15, -0.1) is 0 Å². The number of fused-ring (bicyclic) bond motifs is 1. The molecule has 0 aliphatic carbocycles. The first-order chi connectivity index (χ1) is 22.4. The Labute approximate surface area is 283 Å². The zero-order valence-corrected chi connectivity index (χ0v) is 28.5. The van der Waals surface area contributed by atoms with E-state index in [4.69, 9.17) is 32.7 Å². The van der Waals surface area contributed by atoms with Gasteiger partial charge in [-0.05, 0) is 62.7 Å². The van der Waals surface area contributed by atoms with Crippen molar-refractivity contribution in [1.82, 2.24) is 19.4 Å². The maximum absolute atomic E-state index is 13.4. The molecule has 0 amide bonds. The van der Waals surface area contributed by atoms with Gasteiger partial charge in [-0.2, -0.15) is 4.98 Å². The summed E-state index contributed by atoms with van der Waals surface area (Å²) in [7, 11) is 5.66. The van der Waals surface area contributed by atoms with Gasteiger partial charge in [-0.25, -0.2) is 9.78 Å². The van der Waals surface area contributed by atoms with E-state index >= 15 is 0 Å². The minimum atomic E-state index is -1.31. The van der Waals surface area contributed by atoms with Crippen LogP contribution in [0.5, 0.6) is 11.8 Å². The third-order valence-corrected chi connectivity index (χ3v) is 9.93. The fourth-order valence-corrected chi connectivity index (χ4v) is 6.71. The number of anilines is 2. The lowest BCUT2D eigenvalue weighted by molar-refractivity contribution is 0.0695. The highest BCUT2D eigenvalue weighted by Crippen LogP contribution is 2.39. The van der Waals surface area contributed by atoms with Crippen molar-refractivity contribution in [2.24, 2.45) is 11.8 Å². The number of hydrogen-bond acceptors (Lipinski definition) is 9. The lowest BCUT2D eigenvalue weighted by Gasteiger charge is -2.43. The molecule has 2 atom stereocenters. The highest BCUT2D eigenvalue weighted by Gasteiger charge is 2.36. The van der Waals surface area contributed by atoms with Gasteiger partial charge in [0.05, 0.1) is 41.3 Å². The van der Waals surface area contributed by atoms with Crippen molar-refractivity contribution < 1.29 is 19.4 Å². The molecule has 47 heavy (non-hydrogen) atoms. The molecule has 11 nitrogen and oxygen atoms in total.